The Balaban J connectivity index is 1.96. The van der Waals surface area contributed by atoms with Crippen LogP contribution >= 0.6 is 0 Å². The molecule has 0 saturated heterocycles. The molecule has 0 radical (unpaired) electrons. The van der Waals surface area contributed by atoms with Crippen LogP contribution in [0.3, 0.4) is 0 Å². The lowest BCUT2D eigenvalue weighted by Crippen LogP contribution is -2.01. The SMILES string of the molecule is CNc1nc(-c2cccnc2)nc2c(OC)cc(-c3ccc(F)cc3)cc12. The Morgan fingerprint density at radius 3 is 2.44 bits per heavy atom. The summed E-state index contributed by atoms with van der Waals surface area (Å²) in [5.41, 5.74) is 3.30. The molecular formula is C21H17FN4O. The fraction of sp³-hybridized carbons (Fsp3) is 0.0952. The van der Waals surface area contributed by atoms with Crippen molar-refractivity contribution in [2.45, 2.75) is 0 Å². The molecule has 5 nitrogen and oxygen atoms in total. The highest BCUT2D eigenvalue weighted by Crippen LogP contribution is 2.35. The van der Waals surface area contributed by atoms with Crippen molar-refractivity contribution in [3.8, 4) is 28.3 Å². The van der Waals surface area contributed by atoms with E-state index in [0.717, 1.165) is 22.1 Å². The molecule has 0 fully saturated rings. The number of anilines is 1. The highest BCUT2D eigenvalue weighted by molar-refractivity contribution is 5.97. The van der Waals surface area contributed by atoms with E-state index in [1.54, 1.807) is 31.6 Å². The fourth-order valence-electron chi connectivity index (χ4n) is 2.98. The zero-order valence-corrected chi connectivity index (χ0v) is 14.9. The molecule has 2 heterocycles. The Hall–Kier alpha value is -3.54. The van der Waals surface area contributed by atoms with Crippen LogP contribution in [0.1, 0.15) is 0 Å². The summed E-state index contributed by atoms with van der Waals surface area (Å²) < 4.78 is 18.9. The smallest absolute Gasteiger partial charge is 0.163 e. The Morgan fingerprint density at radius 1 is 0.963 bits per heavy atom. The predicted octanol–water partition coefficient (Wildman–Crippen LogP) is 4.55. The number of aromatic nitrogens is 3. The average Bonchev–Trinajstić information content (AvgIpc) is 2.73. The zero-order valence-electron chi connectivity index (χ0n) is 14.9. The van der Waals surface area contributed by atoms with Crippen molar-refractivity contribution >= 4 is 16.7 Å². The Kier molecular flexibility index (Phi) is 4.38. The predicted molar refractivity (Wildman–Crippen MR) is 104 cm³/mol. The first-order valence-corrected chi connectivity index (χ1v) is 8.43. The summed E-state index contributed by atoms with van der Waals surface area (Å²) in [6, 6.07) is 14.0. The molecule has 0 atom stereocenters. The van der Waals surface area contributed by atoms with Crippen LogP contribution in [0.15, 0.2) is 60.9 Å². The molecule has 0 spiro atoms. The summed E-state index contributed by atoms with van der Waals surface area (Å²) in [6.07, 6.45) is 3.43. The van der Waals surface area contributed by atoms with Crippen LogP contribution in [0, 0.1) is 5.82 Å². The second-order valence-corrected chi connectivity index (χ2v) is 5.97. The maximum absolute atomic E-state index is 13.3. The largest absolute Gasteiger partial charge is 0.494 e. The first kappa shape index (κ1) is 16.9. The lowest BCUT2D eigenvalue weighted by Gasteiger charge is -2.13. The number of nitrogens with one attached hydrogen (secondary N) is 1. The number of fused-ring (bicyclic) bond motifs is 1. The van der Waals surface area contributed by atoms with Gasteiger partial charge in [0.05, 0.1) is 7.11 Å². The molecule has 4 aromatic rings. The standard InChI is InChI=1S/C21H17FN4O/c1-23-21-17-10-15(13-5-7-16(22)8-6-13)11-18(27-2)19(17)25-20(26-21)14-4-3-9-24-12-14/h3-12H,1-2H3,(H,23,25,26). The van der Waals surface area contributed by atoms with Crippen LogP contribution in [-0.2, 0) is 0 Å². The Bertz CT molecular complexity index is 1100. The van der Waals surface area contributed by atoms with Crippen LogP contribution in [0.5, 0.6) is 5.75 Å². The maximum Gasteiger partial charge on any atom is 0.163 e. The third-order valence-corrected chi connectivity index (χ3v) is 4.32. The highest BCUT2D eigenvalue weighted by atomic mass is 19.1. The van der Waals surface area contributed by atoms with E-state index in [0.29, 0.717) is 22.9 Å². The summed E-state index contributed by atoms with van der Waals surface area (Å²) in [4.78, 5) is 13.5. The second-order valence-electron chi connectivity index (χ2n) is 5.97. The third kappa shape index (κ3) is 3.17. The van der Waals surface area contributed by atoms with E-state index in [9.17, 15) is 4.39 Å². The Labute approximate surface area is 155 Å². The van der Waals surface area contributed by atoms with Crippen molar-refractivity contribution in [2.75, 3.05) is 19.5 Å². The number of ether oxygens (including phenoxy) is 1. The number of methoxy groups -OCH3 is 1. The van der Waals surface area contributed by atoms with Crippen LogP contribution in [0.4, 0.5) is 10.2 Å². The molecule has 0 bridgehead atoms. The van der Waals surface area contributed by atoms with Gasteiger partial charge in [0.2, 0.25) is 0 Å². The molecule has 0 aliphatic rings. The van der Waals surface area contributed by atoms with Gasteiger partial charge >= 0.3 is 0 Å². The quantitative estimate of drug-likeness (QED) is 0.579. The molecule has 1 N–H and O–H groups in total. The number of hydrogen-bond acceptors (Lipinski definition) is 5. The van der Waals surface area contributed by atoms with Gasteiger partial charge in [-0.2, -0.15) is 0 Å². The van der Waals surface area contributed by atoms with E-state index in [1.807, 2.05) is 31.3 Å². The van der Waals surface area contributed by atoms with E-state index < -0.39 is 0 Å². The highest BCUT2D eigenvalue weighted by Gasteiger charge is 2.15. The van der Waals surface area contributed by atoms with E-state index in [2.05, 4.69) is 15.3 Å². The van der Waals surface area contributed by atoms with E-state index >= 15 is 0 Å². The van der Waals surface area contributed by atoms with Gasteiger partial charge < -0.3 is 10.1 Å². The number of hydrogen-bond donors (Lipinski definition) is 1. The summed E-state index contributed by atoms with van der Waals surface area (Å²) in [7, 11) is 3.42. The van der Waals surface area contributed by atoms with Gasteiger partial charge in [0.1, 0.15) is 22.9 Å². The fourth-order valence-corrected chi connectivity index (χ4v) is 2.98. The van der Waals surface area contributed by atoms with Crippen molar-refractivity contribution in [3.63, 3.8) is 0 Å². The van der Waals surface area contributed by atoms with Gasteiger partial charge in [-0.05, 0) is 47.5 Å². The summed E-state index contributed by atoms with van der Waals surface area (Å²) in [5.74, 6) is 1.59. The molecule has 0 unspecified atom stereocenters. The maximum atomic E-state index is 13.3. The number of benzene rings is 2. The average molecular weight is 360 g/mol. The molecule has 134 valence electrons. The first-order valence-electron chi connectivity index (χ1n) is 8.43. The van der Waals surface area contributed by atoms with Gasteiger partial charge in [-0.1, -0.05) is 12.1 Å². The molecule has 27 heavy (non-hydrogen) atoms. The van der Waals surface area contributed by atoms with Crippen molar-refractivity contribution in [1.82, 2.24) is 15.0 Å². The van der Waals surface area contributed by atoms with Crippen molar-refractivity contribution in [3.05, 3.63) is 66.7 Å². The van der Waals surface area contributed by atoms with Crippen LogP contribution in [0.2, 0.25) is 0 Å². The van der Waals surface area contributed by atoms with Crippen LogP contribution in [0.25, 0.3) is 33.4 Å². The van der Waals surface area contributed by atoms with E-state index in [4.69, 9.17) is 9.72 Å². The monoisotopic (exact) mass is 360 g/mol. The van der Waals surface area contributed by atoms with Gasteiger partial charge in [-0.3, -0.25) is 4.98 Å². The minimum Gasteiger partial charge on any atom is -0.494 e. The number of nitrogens with zero attached hydrogens (tertiary/aromatic N) is 3. The Morgan fingerprint density at radius 2 is 1.78 bits per heavy atom. The number of pyridine rings is 1. The first-order chi connectivity index (χ1) is 13.2. The van der Waals surface area contributed by atoms with Crippen LogP contribution in [-0.4, -0.2) is 29.1 Å². The van der Waals surface area contributed by atoms with Crippen molar-refractivity contribution in [2.24, 2.45) is 0 Å². The van der Waals surface area contributed by atoms with Crippen LogP contribution < -0.4 is 10.1 Å². The summed E-state index contributed by atoms with van der Waals surface area (Å²) >= 11 is 0. The molecule has 0 saturated carbocycles. The van der Waals surface area contributed by atoms with E-state index in [1.165, 1.54) is 12.1 Å². The summed E-state index contributed by atoms with van der Waals surface area (Å²) in [5, 5.41) is 3.96. The molecule has 0 aliphatic carbocycles. The second kappa shape index (κ2) is 6.99. The lowest BCUT2D eigenvalue weighted by molar-refractivity contribution is 0.419. The minimum absolute atomic E-state index is 0.271. The molecule has 0 aliphatic heterocycles. The van der Waals surface area contributed by atoms with E-state index in [-0.39, 0.29) is 5.82 Å². The molecule has 0 amide bonds. The third-order valence-electron chi connectivity index (χ3n) is 4.32. The molecule has 4 rings (SSSR count). The minimum atomic E-state index is -0.271. The summed E-state index contributed by atoms with van der Waals surface area (Å²) in [6.45, 7) is 0. The normalized spacial score (nSPS) is 10.8. The molecular weight excluding hydrogens is 343 g/mol. The van der Waals surface area contributed by atoms with Crippen molar-refractivity contribution in [1.29, 1.82) is 0 Å². The van der Waals surface area contributed by atoms with Gasteiger partial charge in [-0.25, -0.2) is 14.4 Å². The zero-order chi connectivity index (χ0) is 18.8. The van der Waals surface area contributed by atoms with Gasteiger partial charge in [0.15, 0.2) is 5.82 Å². The van der Waals surface area contributed by atoms with Gasteiger partial charge in [0.25, 0.3) is 0 Å². The van der Waals surface area contributed by atoms with Gasteiger partial charge in [-0.15, -0.1) is 0 Å². The molecule has 2 aromatic heterocycles. The lowest BCUT2D eigenvalue weighted by atomic mass is 10.0. The van der Waals surface area contributed by atoms with Gasteiger partial charge in [0, 0.05) is 30.4 Å². The topological polar surface area (TPSA) is 59.9 Å². The van der Waals surface area contributed by atoms with Crippen molar-refractivity contribution < 1.29 is 9.13 Å². The number of halogens is 1. The number of rotatable bonds is 4. The molecule has 2 aromatic carbocycles. The molecule has 6 heteroatoms.